The molecule has 3 rings (SSSR count). The molecule has 0 saturated heterocycles. The SMILES string of the molecule is CC(C)NC(=O)Nc1ccc(CNc2nc3c(cnn3C(C)(C)C)c(=O)[nH]2)cc1. The largest absolute Gasteiger partial charge is 0.352 e. The lowest BCUT2D eigenvalue weighted by Gasteiger charge is -2.19. The van der Waals surface area contributed by atoms with Crippen LogP contribution in [0, 0.1) is 0 Å². The molecule has 0 saturated carbocycles. The average molecular weight is 397 g/mol. The van der Waals surface area contributed by atoms with Gasteiger partial charge in [0.05, 0.1) is 11.7 Å². The van der Waals surface area contributed by atoms with Crippen molar-refractivity contribution in [3.05, 3.63) is 46.4 Å². The van der Waals surface area contributed by atoms with E-state index in [0.29, 0.717) is 29.2 Å². The molecule has 2 heterocycles. The van der Waals surface area contributed by atoms with E-state index in [1.807, 2.05) is 58.9 Å². The number of hydrogen-bond acceptors (Lipinski definition) is 5. The van der Waals surface area contributed by atoms with Crippen molar-refractivity contribution in [2.75, 3.05) is 10.6 Å². The molecular weight excluding hydrogens is 370 g/mol. The molecule has 0 aliphatic heterocycles. The smallest absolute Gasteiger partial charge is 0.319 e. The van der Waals surface area contributed by atoms with E-state index in [9.17, 15) is 9.59 Å². The van der Waals surface area contributed by atoms with E-state index in [4.69, 9.17) is 0 Å². The fourth-order valence-electron chi connectivity index (χ4n) is 2.81. The first-order valence-electron chi connectivity index (χ1n) is 9.52. The van der Waals surface area contributed by atoms with Crippen LogP contribution in [0.2, 0.25) is 0 Å². The Hall–Kier alpha value is -3.36. The second kappa shape index (κ2) is 7.94. The number of carbonyl (C=O) groups excluding carboxylic acids is 1. The Morgan fingerprint density at radius 3 is 2.52 bits per heavy atom. The molecule has 1 aromatic carbocycles. The predicted octanol–water partition coefficient (Wildman–Crippen LogP) is 3.02. The third-order valence-corrected chi connectivity index (χ3v) is 4.17. The van der Waals surface area contributed by atoms with Gasteiger partial charge in [0.15, 0.2) is 5.65 Å². The highest BCUT2D eigenvalue weighted by atomic mass is 16.2. The number of urea groups is 1. The normalized spacial score (nSPS) is 11.7. The number of H-pyrrole nitrogens is 1. The Bertz CT molecular complexity index is 1060. The van der Waals surface area contributed by atoms with Crippen molar-refractivity contribution in [1.82, 2.24) is 25.1 Å². The molecule has 0 atom stereocenters. The second-order valence-corrected chi connectivity index (χ2v) is 8.18. The van der Waals surface area contributed by atoms with Crippen molar-refractivity contribution in [3.8, 4) is 0 Å². The van der Waals surface area contributed by atoms with E-state index in [2.05, 4.69) is 31.0 Å². The number of rotatable bonds is 5. The fraction of sp³-hybridized carbons (Fsp3) is 0.400. The molecule has 0 aliphatic rings. The lowest BCUT2D eigenvalue weighted by atomic mass is 10.1. The van der Waals surface area contributed by atoms with Crippen LogP contribution in [0.3, 0.4) is 0 Å². The first-order chi connectivity index (χ1) is 13.6. The molecule has 0 bridgehead atoms. The molecule has 0 aliphatic carbocycles. The van der Waals surface area contributed by atoms with Crippen LogP contribution < -0.4 is 21.5 Å². The van der Waals surface area contributed by atoms with Gasteiger partial charge in [0.25, 0.3) is 5.56 Å². The summed E-state index contributed by atoms with van der Waals surface area (Å²) in [7, 11) is 0. The topological polar surface area (TPSA) is 117 Å². The van der Waals surface area contributed by atoms with Crippen molar-refractivity contribution in [3.63, 3.8) is 0 Å². The van der Waals surface area contributed by atoms with Gasteiger partial charge >= 0.3 is 6.03 Å². The molecule has 9 heteroatoms. The van der Waals surface area contributed by atoms with Crippen LogP contribution in [0.4, 0.5) is 16.4 Å². The minimum atomic E-state index is -0.287. The highest BCUT2D eigenvalue weighted by Crippen LogP contribution is 2.19. The van der Waals surface area contributed by atoms with E-state index < -0.39 is 0 Å². The number of aromatic nitrogens is 4. The highest BCUT2D eigenvalue weighted by molar-refractivity contribution is 5.89. The summed E-state index contributed by atoms with van der Waals surface area (Å²) < 4.78 is 1.74. The number of amides is 2. The van der Waals surface area contributed by atoms with Crippen LogP contribution in [0.25, 0.3) is 11.0 Å². The fourth-order valence-corrected chi connectivity index (χ4v) is 2.81. The molecule has 2 amide bonds. The van der Waals surface area contributed by atoms with Crippen LogP contribution in [-0.2, 0) is 12.1 Å². The highest BCUT2D eigenvalue weighted by Gasteiger charge is 2.19. The summed E-state index contributed by atoms with van der Waals surface area (Å²) in [6, 6.07) is 7.27. The van der Waals surface area contributed by atoms with Crippen LogP contribution in [0.1, 0.15) is 40.2 Å². The van der Waals surface area contributed by atoms with Gasteiger partial charge in [-0.05, 0) is 52.3 Å². The molecule has 3 aromatic rings. The Labute approximate surface area is 168 Å². The van der Waals surface area contributed by atoms with Crippen molar-refractivity contribution < 1.29 is 4.79 Å². The first kappa shape index (κ1) is 20.4. The average Bonchev–Trinajstić information content (AvgIpc) is 3.05. The van der Waals surface area contributed by atoms with Gasteiger partial charge < -0.3 is 16.0 Å². The Balaban J connectivity index is 1.70. The van der Waals surface area contributed by atoms with E-state index >= 15 is 0 Å². The van der Waals surface area contributed by atoms with Crippen molar-refractivity contribution in [2.24, 2.45) is 0 Å². The van der Waals surface area contributed by atoms with Gasteiger partial charge in [0.1, 0.15) is 5.39 Å². The zero-order valence-corrected chi connectivity index (χ0v) is 17.3. The molecule has 0 radical (unpaired) electrons. The maximum absolute atomic E-state index is 12.3. The van der Waals surface area contributed by atoms with Crippen LogP contribution in [-0.4, -0.2) is 31.8 Å². The van der Waals surface area contributed by atoms with Crippen molar-refractivity contribution in [2.45, 2.75) is 52.7 Å². The molecule has 9 nitrogen and oxygen atoms in total. The zero-order valence-electron chi connectivity index (χ0n) is 17.3. The maximum Gasteiger partial charge on any atom is 0.319 e. The Kier molecular flexibility index (Phi) is 5.58. The van der Waals surface area contributed by atoms with Gasteiger partial charge in [0, 0.05) is 18.3 Å². The molecule has 4 N–H and O–H groups in total. The summed E-state index contributed by atoms with van der Waals surface area (Å²) in [5.41, 5.74) is 1.70. The Morgan fingerprint density at radius 2 is 1.90 bits per heavy atom. The predicted molar refractivity (Wildman–Crippen MR) is 114 cm³/mol. The number of nitrogens with zero attached hydrogens (tertiary/aromatic N) is 3. The van der Waals surface area contributed by atoms with E-state index in [0.717, 1.165) is 5.56 Å². The summed E-state index contributed by atoms with van der Waals surface area (Å²) in [6.07, 6.45) is 1.54. The minimum absolute atomic E-state index is 0.0695. The lowest BCUT2D eigenvalue weighted by Crippen LogP contribution is -2.34. The third kappa shape index (κ3) is 4.92. The third-order valence-electron chi connectivity index (χ3n) is 4.17. The van der Waals surface area contributed by atoms with Crippen LogP contribution in [0.15, 0.2) is 35.3 Å². The molecule has 0 fully saturated rings. The van der Waals surface area contributed by atoms with Gasteiger partial charge in [-0.1, -0.05) is 12.1 Å². The number of hydrogen-bond donors (Lipinski definition) is 4. The minimum Gasteiger partial charge on any atom is -0.352 e. The quantitative estimate of drug-likeness (QED) is 0.528. The van der Waals surface area contributed by atoms with Gasteiger partial charge in [0.2, 0.25) is 5.95 Å². The van der Waals surface area contributed by atoms with Crippen molar-refractivity contribution in [1.29, 1.82) is 0 Å². The Morgan fingerprint density at radius 1 is 1.21 bits per heavy atom. The van der Waals surface area contributed by atoms with Gasteiger partial charge in [-0.3, -0.25) is 9.78 Å². The van der Waals surface area contributed by atoms with Crippen LogP contribution in [0.5, 0.6) is 0 Å². The monoisotopic (exact) mass is 397 g/mol. The molecule has 2 aromatic heterocycles. The second-order valence-electron chi connectivity index (χ2n) is 8.18. The van der Waals surface area contributed by atoms with Gasteiger partial charge in [-0.15, -0.1) is 0 Å². The van der Waals surface area contributed by atoms with Gasteiger partial charge in [-0.2, -0.15) is 10.1 Å². The maximum atomic E-state index is 12.3. The number of anilines is 2. The number of nitrogens with one attached hydrogen (secondary N) is 4. The van der Waals surface area contributed by atoms with Gasteiger partial charge in [-0.25, -0.2) is 9.48 Å². The summed E-state index contributed by atoms with van der Waals surface area (Å²) in [6.45, 7) is 10.3. The zero-order chi connectivity index (χ0) is 21.2. The lowest BCUT2D eigenvalue weighted by molar-refractivity contribution is 0.250. The first-order valence-corrected chi connectivity index (χ1v) is 9.52. The summed E-state index contributed by atoms with van der Waals surface area (Å²) in [5, 5.41) is 13.5. The molecule has 154 valence electrons. The number of carbonyl (C=O) groups is 1. The van der Waals surface area contributed by atoms with E-state index in [1.54, 1.807) is 4.68 Å². The van der Waals surface area contributed by atoms with Crippen LogP contribution >= 0.6 is 0 Å². The molecular formula is C20H27N7O2. The van der Waals surface area contributed by atoms with E-state index in [-0.39, 0.29) is 23.2 Å². The number of aromatic amines is 1. The molecule has 29 heavy (non-hydrogen) atoms. The molecule has 0 spiro atoms. The number of benzene rings is 1. The number of fused-ring (bicyclic) bond motifs is 1. The molecule has 0 unspecified atom stereocenters. The summed E-state index contributed by atoms with van der Waals surface area (Å²) in [4.78, 5) is 31.4. The standard InChI is InChI=1S/C20H27N7O2/c1-12(2)23-19(29)24-14-8-6-13(7-9-14)10-21-18-25-16-15(17(28)26-18)11-22-27(16)20(3,4)5/h6-9,11-12H,10H2,1-5H3,(H2,23,24,29)(H2,21,25,26,28). The summed E-state index contributed by atoms with van der Waals surface area (Å²) in [5.74, 6) is 0.381. The van der Waals surface area contributed by atoms with E-state index in [1.165, 1.54) is 6.20 Å². The van der Waals surface area contributed by atoms with Crippen molar-refractivity contribution >= 4 is 28.7 Å². The summed E-state index contributed by atoms with van der Waals surface area (Å²) >= 11 is 0.